The third kappa shape index (κ3) is 3.02. The van der Waals surface area contributed by atoms with Gasteiger partial charge in [-0.1, -0.05) is 6.42 Å². The Labute approximate surface area is 123 Å². The molecule has 0 aromatic heterocycles. The van der Waals surface area contributed by atoms with Gasteiger partial charge in [-0.3, -0.25) is 4.79 Å². The van der Waals surface area contributed by atoms with Crippen molar-refractivity contribution in [2.45, 2.75) is 30.2 Å². The summed E-state index contributed by atoms with van der Waals surface area (Å²) in [5, 5.41) is 9.36. The average Bonchev–Trinajstić information content (AvgIpc) is 2.46. The number of primary amides is 1. The third-order valence-corrected chi connectivity index (χ3v) is 5.69. The van der Waals surface area contributed by atoms with Gasteiger partial charge in [-0.15, -0.1) is 0 Å². The molecule has 1 aliphatic heterocycles. The molecule has 1 unspecified atom stereocenters. The molecule has 0 spiro atoms. The van der Waals surface area contributed by atoms with Crippen LogP contribution in [0.25, 0.3) is 0 Å². The first-order valence-corrected chi connectivity index (χ1v) is 8.14. The number of piperidine rings is 1. The van der Waals surface area contributed by atoms with E-state index in [4.69, 9.17) is 11.5 Å². The van der Waals surface area contributed by atoms with Crippen LogP contribution in [0, 0.1) is 0 Å². The van der Waals surface area contributed by atoms with E-state index >= 15 is 0 Å². The van der Waals surface area contributed by atoms with Crippen LogP contribution in [-0.4, -0.2) is 42.9 Å². The Kier molecular flexibility index (Phi) is 4.50. The normalized spacial score (nSPS) is 20.3. The van der Waals surface area contributed by atoms with Crippen molar-refractivity contribution in [3.05, 3.63) is 23.8 Å². The van der Waals surface area contributed by atoms with Crippen molar-refractivity contribution in [3.8, 4) is 0 Å². The molecule has 1 saturated heterocycles. The van der Waals surface area contributed by atoms with E-state index in [1.165, 1.54) is 22.5 Å². The Morgan fingerprint density at radius 1 is 1.38 bits per heavy atom. The molecule has 0 aliphatic carbocycles. The zero-order valence-corrected chi connectivity index (χ0v) is 12.3. The van der Waals surface area contributed by atoms with Crippen LogP contribution < -0.4 is 11.5 Å². The van der Waals surface area contributed by atoms with Gasteiger partial charge in [0, 0.05) is 18.2 Å². The Morgan fingerprint density at radius 2 is 2.10 bits per heavy atom. The summed E-state index contributed by atoms with van der Waals surface area (Å²) in [6.45, 7) is 0.128. The third-order valence-electron chi connectivity index (χ3n) is 3.66. The van der Waals surface area contributed by atoms with Crippen molar-refractivity contribution in [2.75, 3.05) is 18.9 Å². The number of nitrogens with zero attached hydrogens (tertiary/aromatic N) is 1. The van der Waals surface area contributed by atoms with Gasteiger partial charge in [-0.25, -0.2) is 8.42 Å². The number of nitrogens with two attached hydrogens (primary N) is 2. The van der Waals surface area contributed by atoms with E-state index in [1.807, 2.05) is 0 Å². The molecular weight excluding hydrogens is 294 g/mol. The van der Waals surface area contributed by atoms with E-state index in [-0.39, 0.29) is 22.8 Å². The summed E-state index contributed by atoms with van der Waals surface area (Å²) >= 11 is 0. The van der Waals surface area contributed by atoms with Gasteiger partial charge in [0.15, 0.2) is 0 Å². The lowest BCUT2D eigenvalue weighted by Gasteiger charge is -2.33. The zero-order chi connectivity index (χ0) is 15.6. The smallest absolute Gasteiger partial charge is 0.248 e. The highest BCUT2D eigenvalue weighted by atomic mass is 32.2. The van der Waals surface area contributed by atoms with Gasteiger partial charge >= 0.3 is 0 Å². The van der Waals surface area contributed by atoms with Crippen LogP contribution >= 0.6 is 0 Å². The standard InChI is InChI=1S/C13H19N3O4S/c14-11-7-9(13(15)18)4-5-12(11)21(19,20)16-6-2-1-3-10(16)8-17/h4-5,7,10,17H,1-3,6,8,14H2,(H2,15,18). The van der Waals surface area contributed by atoms with Crippen molar-refractivity contribution in [1.29, 1.82) is 0 Å². The van der Waals surface area contributed by atoms with Gasteiger partial charge in [0.2, 0.25) is 15.9 Å². The average molecular weight is 313 g/mol. The molecule has 116 valence electrons. The van der Waals surface area contributed by atoms with Gasteiger partial charge in [0.25, 0.3) is 0 Å². The number of amides is 1. The molecule has 7 nitrogen and oxygen atoms in total. The van der Waals surface area contributed by atoms with E-state index < -0.39 is 22.0 Å². The second-order valence-corrected chi connectivity index (χ2v) is 6.92. The number of anilines is 1. The SMILES string of the molecule is NC(=O)c1ccc(S(=O)(=O)N2CCCCC2CO)c(N)c1. The van der Waals surface area contributed by atoms with E-state index in [2.05, 4.69) is 0 Å². The summed E-state index contributed by atoms with van der Waals surface area (Å²) in [7, 11) is -3.80. The first-order valence-electron chi connectivity index (χ1n) is 6.70. The molecule has 0 saturated carbocycles. The van der Waals surface area contributed by atoms with E-state index in [0.29, 0.717) is 13.0 Å². The van der Waals surface area contributed by atoms with Crippen molar-refractivity contribution < 1.29 is 18.3 Å². The van der Waals surface area contributed by atoms with Crippen LogP contribution in [-0.2, 0) is 10.0 Å². The van der Waals surface area contributed by atoms with E-state index in [0.717, 1.165) is 12.8 Å². The predicted octanol–water partition coefficient (Wildman–Crippen LogP) is -0.0968. The van der Waals surface area contributed by atoms with Gasteiger partial charge in [-0.2, -0.15) is 4.31 Å². The molecule has 2 rings (SSSR count). The Morgan fingerprint density at radius 3 is 2.67 bits per heavy atom. The lowest BCUT2D eigenvalue weighted by atomic mass is 10.1. The number of aliphatic hydroxyl groups excluding tert-OH is 1. The van der Waals surface area contributed by atoms with Gasteiger partial charge in [0.05, 0.1) is 12.3 Å². The van der Waals surface area contributed by atoms with Crippen molar-refractivity contribution in [3.63, 3.8) is 0 Å². The molecule has 1 amide bonds. The fourth-order valence-electron chi connectivity index (χ4n) is 2.54. The number of carbonyl (C=O) groups excluding carboxylic acids is 1. The van der Waals surface area contributed by atoms with Crippen LogP contribution in [0.15, 0.2) is 23.1 Å². The summed E-state index contributed by atoms with van der Waals surface area (Å²) in [5.74, 6) is -0.670. The van der Waals surface area contributed by atoms with E-state index in [9.17, 15) is 18.3 Å². The molecule has 1 atom stereocenters. The van der Waals surface area contributed by atoms with Gasteiger partial charge in [0.1, 0.15) is 4.90 Å². The maximum Gasteiger partial charge on any atom is 0.248 e. The highest BCUT2D eigenvalue weighted by Crippen LogP contribution is 2.28. The van der Waals surface area contributed by atoms with Crippen LogP contribution in [0.1, 0.15) is 29.6 Å². The molecule has 1 aromatic carbocycles. The molecule has 1 fully saturated rings. The minimum atomic E-state index is -3.80. The largest absolute Gasteiger partial charge is 0.398 e. The molecule has 0 bridgehead atoms. The zero-order valence-electron chi connectivity index (χ0n) is 11.5. The monoisotopic (exact) mass is 313 g/mol. The maximum absolute atomic E-state index is 12.7. The molecular formula is C13H19N3O4S. The first-order chi connectivity index (χ1) is 9.87. The Hall–Kier alpha value is -1.64. The first kappa shape index (κ1) is 15.7. The number of rotatable bonds is 4. The lowest BCUT2D eigenvalue weighted by Crippen LogP contribution is -2.45. The predicted molar refractivity (Wildman–Crippen MR) is 78.0 cm³/mol. The fraction of sp³-hybridized carbons (Fsp3) is 0.462. The van der Waals surface area contributed by atoms with Crippen LogP contribution in [0.2, 0.25) is 0 Å². The van der Waals surface area contributed by atoms with Crippen molar-refractivity contribution >= 4 is 21.6 Å². The summed E-state index contributed by atoms with van der Waals surface area (Å²) < 4.78 is 26.6. The molecule has 1 aliphatic rings. The second-order valence-electron chi connectivity index (χ2n) is 5.06. The Balaban J connectivity index is 2.41. The minimum Gasteiger partial charge on any atom is -0.398 e. The van der Waals surface area contributed by atoms with Gasteiger partial charge < -0.3 is 16.6 Å². The molecule has 21 heavy (non-hydrogen) atoms. The number of nitrogen functional groups attached to an aromatic ring is 1. The number of carbonyl (C=O) groups is 1. The highest BCUT2D eigenvalue weighted by Gasteiger charge is 2.34. The topological polar surface area (TPSA) is 127 Å². The number of aliphatic hydroxyl groups is 1. The second kappa shape index (κ2) is 6.00. The van der Waals surface area contributed by atoms with Crippen LogP contribution in [0.3, 0.4) is 0 Å². The summed E-state index contributed by atoms with van der Waals surface area (Å²) in [6.07, 6.45) is 2.25. The minimum absolute atomic E-state index is 0.0198. The number of sulfonamides is 1. The number of hydrogen-bond acceptors (Lipinski definition) is 5. The molecule has 1 aromatic rings. The molecule has 1 heterocycles. The number of benzene rings is 1. The summed E-state index contributed by atoms with van der Waals surface area (Å²) in [4.78, 5) is 11.0. The van der Waals surface area contributed by atoms with Crippen molar-refractivity contribution in [2.24, 2.45) is 5.73 Å². The summed E-state index contributed by atoms with van der Waals surface area (Å²) in [6, 6.07) is 3.45. The Bertz CT molecular complexity index is 645. The van der Waals surface area contributed by atoms with Crippen LogP contribution in [0.4, 0.5) is 5.69 Å². The molecule has 0 radical (unpaired) electrons. The van der Waals surface area contributed by atoms with Crippen molar-refractivity contribution in [1.82, 2.24) is 4.31 Å². The van der Waals surface area contributed by atoms with E-state index in [1.54, 1.807) is 0 Å². The maximum atomic E-state index is 12.7. The lowest BCUT2D eigenvalue weighted by molar-refractivity contribution is 0.1000. The quantitative estimate of drug-likeness (QED) is 0.669. The fourth-order valence-corrected chi connectivity index (χ4v) is 4.32. The molecule has 5 N–H and O–H groups in total. The van der Waals surface area contributed by atoms with Crippen LogP contribution in [0.5, 0.6) is 0 Å². The highest BCUT2D eigenvalue weighted by molar-refractivity contribution is 7.89. The summed E-state index contributed by atoms with van der Waals surface area (Å²) in [5.41, 5.74) is 11.0. The molecule has 8 heteroatoms. The van der Waals surface area contributed by atoms with Gasteiger partial charge in [-0.05, 0) is 31.0 Å². The number of hydrogen-bond donors (Lipinski definition) is 3.